The van der Waals surface area contributed by atoms with Crippen molar-refractivity contribution in [2.24, 2.45) is 5.92 Å². The van der Waals surface area contributed by atoms with Crippen molar-refractivity contribution >= 4 is 18.0 Å². The van der Waals surface area contributed by atoms with Crippen LogP contribution in [-0.2, 0) is 19.1 Å². The molecule has 0 unspecified atom stereocenters. The van der Waals surface area contributed by atoms with Crippen LogP contribution in [0.25, 0.3) is 11.1 Å². The van der Waals surface area contributed by atoms with E-state index in [1.807, 2.05) is 36.4 Å². The third-order valence-corrected chi connectivity index (χ3v) is 6.54. The maximum absolute atomic E-state index is 13.2. The molecule has 2 N–H and O–H groups in total. The second kappa shape index (κ2) is 10.3. The molecular weight excluding hydrogens is 436 g/mol. The van der Waals surface area contributed by atoms with E-state index in [4.69, 9.17) is 9.47 Å². The van der Waals surface area contributed by atoms with E-state index >= 15 is 0 Å². The largest absolute Gasteiger partial charge is 0.480 e. The Bertz CT molecular complexity index is 1020. The summed E-state index contributed by atoms with van der Waals surface area (Å²) < 4.78 is 10.9. The molecule has 2 amide bonds. The highest BCUT2D eigenvalue weighted by atomic mass is 16.5. The van der Waals surface area contributed by atoms with Crippen LogP contribution in [0.15, 0.2) is 48.5 Å². The number of carbonyl (C=O) groups is 3. The Balaban J connectivity index is 1.44. The van der Waals surface area contributed by atoms with E-state index in [-0.39, 0.29) is 12.5 Å². The van der Waals surface area contributed by atoms with Crippen LogP contribution >= 0.6 is 0 Å². The minimum absolute atomic E-state index is 0.106. The summed E-state index contributed by atoms with van der Waals surface area (Å²) in [6.07, 6.45) is 0.524. The first-order valence-electron chi connectivity index (χ1n) is 11.5. The van der Waals surface area contributed by atoms with Gasteiger partial charge in [-0.05, 0) is 47.9 Å². The molecule has 2 aromatic carbocycles. The third kappa shape index (κ3) is 5.22. The molecule has 2 aliphatic carbocycles. The molecule has 0 saturated heterocycles. The van der Waals surface area contributed by atoms with Crippen LogP contribution in [0.1, 0.15) is 36.8 Å². The molecule has 0 bridgehead atoms. The SMILES string of the molecule is CO[C@H](C)[C@H](NC(=O)OCC1c2ccccc2-c2ccccc21)C(=O)N(CC(=O)O)CC1CC1. The van der Waals surface area contributed by atoms with Gasteiger partial charge in [-0.25, -0.2) is 4.79 Å². The number of alkyl carbamates (subject to hydrolysis) is 1. The van der Waals surface area contributed by atoms with E-state index in [0.717, 1.165) is 35.1 Å². The summed E-state index contributed by atoms with van der Waals surface area (Å²) in [5, 5.41) is 11.9. The summed E-state index contributed by atoms with van der Waals surface area (Å²) in [5.41, 5.74) is 4.42. The van der Waals surface area contributed by atoms with E-state index < -0.39 is 36.7 Å². The average molecular weight is 467 g/mol. The highest BCUT2D eigenvalue weighted by molar-refractivity contribution is 5.88. The third-order valence-electron chi connectivity index (χ3n) is 6.54. The number of benzene rings is 2. The number of nitrogens with one attached hydrogen (secondary N) is 1. The fourth-order valence-electron chi connectivity index (χ4n) is 4.49. The van der Waals surface area contributed by atoms with Crippen molar-refractivity contribution in [3.8, 4) is 11.1 Å². The summed E-state index contributed by atoms with van der Waals surface area (Å²) in [5.74, 6) is -1.39. The highest BCUT2D eigenvalue weighted by Crippen LogP contribution is 2.44. The number of nitrogens with zero attached hydrogens (tertiary/aromatic N) is 1. The van der Waals surface area contributed by atoms with Crippen molar-refractivity contribution in [1.82, 2.24) is 10.2 Å². The fourth-order valence-corrected chi connectivity index (χ4v) is 4.49. The maximum Gasteiger partial charge on any atom is 0.407 e. The summed E-state index contributed by atoms with van der Waals surface area (Å²) in [6, 6.07) is 15.0. The van der Waals surface area contributed by atoms with E-state index in [1.165, 1.54) is 12.0 Å². The summed E-state index contributed by atoms with van der Waals surface area (Å²) in [7, 11) is 1.44. The predicted molar refractivity (Wildman–Crippen MR) is 125 cm³/mol. The smallest absolute Gasteiger partial charge is 0.407 e. The maximum atomic E-state index is 13.2. The molecule has 180 valence electrons. The Hall–Kier alpha value is -3.39. The normalized spacial score (nSPS) is 16.2. The number of ether oxygens (including phenoxy) is 2. The summed E-state index contributed by atoms with van der Waals surface area (Å²) in [4.78, 5) is 38.5. The van der Waals surface area contributed by atoms with Gasteiger partial charge in [0, 0.05) is 19.6 Å². The lowest BCUT2D eigenvalue weighted by Crippen LogP contribution is -2.55. The number of fused-ring (bicyclic) bond motifs is 3. The molecule has 2 atom stereocenters. The molecule has 0 spiro atoms. The zero-order valence-electron chi connectivity index (χ0n) is 19.4. The van der Waals surface area contributed by atoms with Crippen molar-refractivity contribution in [3.05, 3.63) is 59.7 Å². The number of carboxylic acids is 1. The number of hydrogen-bond acceptors (Lipinski definition) is 5. The van der Waals surface area contributed by atoms with Gasteiger partial charge in [-0.3, -0.25) is 9.59 Å². The van der Waals surface area contributed by atoms with Crippen LogP contribution in [0.5, 0.6) is 0 Å². The van der Waals surface area contributed by atoms with Crippen molar-refractivity contribution < 1.29 is 29.0 Å². The van der Waals surface area contributed by atoms with Gasteiger partial charge in [-0.15, -0.1) is 0 Å². The van der Waals surface area contributed by atoms with Gasteiger partial charge in [0.1, 0.15) is 19.2 Å². The summed E-state index contributed by atoms with van der Waals surface area (Å²) >= 11 is 0. The zero-order valence-corrected chi connectivity index (χ0v) is 19.4. The molecule has 0 radical (unpaired) electrons. The minimum Gasteiger partial charge on any atom is -0.480 e. The van der Waals surface area contributed by atoms with Gasteiger partial charge in [0.05, 0.1) is 6.10 Å². The van der Waals surface area contributed by atoms with Crippen LogP contribution in [0, 0.1) is 5.92 Å². The van der Waals surface area contributed by atoms with Crippen LogP contribution in [0.3, 0.4) is 0 Å². The lowest BCUT2D eigenvalue weighted by atomic mass is 9.98. The van der Waals surface area contributed by atoms with Crippen molar-refractivity contribution in [2.45, 2.75) is 37.8 Å². The first-order valence-corrected chi connectivity index (χ1v) is 11.5. The van der Waals surface area contributed by atoms with Crippen LogP contribution in [0.2, 0.25) is 0 Å². The lowest BCUT2D eigenvalue weighted by Gasteiger charge is -2.29. The monoisotopic (exact) mass is 466 g/mol. The van der Waals surface area contributed by atoms with Gasteiger partial charge in [-0.2, -0.15) is 0 Å². The van der Waals surface area contributed by atoms with Crippen molar-refractivity contribution in [2.75, 3.05) is 26.8 Å². The van der Waals surface area contributed by atoms with Gasteiger partial charge in [-0.1, -0.05) is 48.5 Å². The molecule has 2 aliphatic rings. The number of amides is 2. The second-order valence-corrected chi connectivity index (χ2v) is 8.94. The number of carboxylic acid groups (broad SMARTS) is 1. The Kier molecular flexibility index (Phi) is 7.17. The quantitative estimate of drug-likeness (QED) is 0.557. The molecule has 0 aliphatic heterocycles. The van der Waals surface area contributed by atoms with Gasteiger partial charge >= 0.3 is 12.1 Å². The first kappa shape index (κ1) is 23.8. The molecule has 8 nitrogen and oxygen atoms in total. The Labute approximate surface area is 198 Å². The van der Waals surface area contributed by atoms with E-state index in [0.29, 0.717) is 12.5 Å². The van der Waals surface area contributed by atoms with Crippen LogP contribution in [-0.4, -0.2) is 66.9 Å². The molecule has 0 heterocycles. The summed E-state index contributed by atoms with van der Waals surface area (Å²) in [6.45, 7) is 1.70. The number of methoxy groups -OCH3 is 1. The topological polar surface area (TPSA) is 105 Å². The number of rotatable bonds is 10. The number of aliphatic carboxylic acids is 1. The van der Waals surface area contributed by atoms with Crippen molar-refractivity contribution in [3.63, 3.8) is 0 Å². The van der Waals surface area contributed by atoms with Crippen molar-refractivity contribution in [1.29, 1.82) is 0 Å². The van der Waals surface area contributed by atoms with Gasteiger partial charge < -0.3 is 24.8 Å². The van der Waals surface area contributed by atoms with Gasteiger partial charge in [0.15, 0.2) is 0 Å². The number of hydrogen-bond donors (Lipinski definition) is 2. The first-order chi connectivity index (χ1) is 16.4. The van der Waals surface area contributed by atoms with Gasteiger partial charge in [0.2, 0.25) is 5.91 Å². The van der Waals surface area contributed by atoms with Gasteiger partial charge in [0.25, 0.3) is 0 Å². The standard InChI is InChI=1S/C26H30N2O6/c1-16(33-2)24(25(31)28(14-23(29)30)13-17-11-12-17)27-26(32)34-15-22-20-9-5-3-7-18(20)19-8-4-6-10-21(19)22/h3-10,16-17,22,24H,11-15H2,1-2H3,(H,27,32)(H,29,30)/t16-,24+/m1/s1. The zero-order chi connectivity index (χ0) is 24.2. The predicted octanol–water partition coefficient (Wildman–Crippen LogP) is 3.25. The lowest BCUT2D eigenvalue weighted by molar-refractivity contribution is -0.147. The highest BCUT2D eigenvalue weighted by Gasteiger charge is 2.36. The Morgan fingerprint density at radius 1 is 1.06 bits per heavy atom. The second-order valence-electron chi connectivity index (χ2n) is 8.94. The Morgan fingerprint density at radius 3 is 2.18 bits per heavy atom. The number of carbonyl (C=O) groups excluding carboxylic acids is 2. The molecule has 1 fully saturated rings. The fraction of sp³-hybridized carbons (Fsp3) is 0.423. The average Bonchev–Trinajstić information content (AvgIpc) is 3.60. The molecular formula is C26H30N2O6. The Morgan fingerprint density at radius 2 is 1.65 bits per heavy atom. The molecule has 1 saturated carbocycles. The molecule has 4 rings (SSSR count). The van der Waals surface area contributed by atoms with E-state index in [9.17, 15) is 19.5 Å². The van der Waals surface area contributed by atoms with E-state index in [2.05, 4.69) is 17.4 Å². The minimum atomic E-state index is -1.10. The molecule has 34 heavy (non-hydrogen) atoms. The van der Waals surface area contributed by atoms with Crippen LogP contribution in [0.4, 0.5) is 4.79 Å². The van der Waals surface area contributed by atoms with Crippen LogP contribution < -0.4 is 5.32 Å². The van der Waals surface area contributed by atoms with E-state index in [1.54, 1.807) is 6.92 Å². The molecule has 8 heteroatoms. The molecule has 0 aromatic heterocycles. The molecule has 2 aromatic rings.